The van der Waals surface area contributed by atoms with Crippen molar-refractivity contribution in [3.63, 3.8) is 0 Å². The van der Waals surface area contributed by atoms with Crippen molar-refractivity contribution in [2.75, 3.05) is 5.75 Å². The normalized spacial score (nSPS) is 11.1. The van der Waals surface area contributed by atoms with Crippen LogP contribution in [0.2, 0.25) is 5.02 Å². The zero-order chi connectivity index (χ0) is 23.2. The molecule has 33 heavy (non-hydrogen) atoms. The number of nitrogens with zero attached hydrogens (tertiary/aromatic N) is 5. The van der Waals surface area contributed by atoms with Crippen molar-refractivity contribution in [1.82, 2.24) is 25.2 Å². The average Bonchev–Trinajstić information content (AvgIpc) is 3.24. The van der Waals surface area contributed by atoms with Gasteiger partial charge in [0.1, 0.15) is 11.5 Å². The zero-order valence-electron chi connectivity index (χ0n) is 17.0. The monoisotopic (exact) mass is 480 g/mol. The summed E-state index contributed by atoms with van der Waals surface area (Å²) in [6.45, 7) is 0. The molecule has 2 aromatic carbocycles. The molecule has 0 saturated heterocycles. The Morgan fingerprint density at radius 3 is 2.58 bits per heavy atom. The number of halogens is 1. The lowest BCUT2D eigenvalue weighted by molar-refractivity contribution is -0.118. The molecule has 0 fully saturated rings. The molecule has 0 aliphatic rings. The maximum Gasteiger partial charge on any atom is 0.250 e. The van der Waals surface area contributed by atoms with Gasteiger partial charge in [0.2, 0.25) is 0 Å². The van der Waals surface area contributed by atoms with Crippen LogP contribution in [0, 0.1) is 0 Å². The number of carbonyl (C=O) groups excluding carboxylic acids is 1. The molecule has 9 nitrogen and oxygen atoms in total. The Hall–Kier alpha value is -3.89. The SMILES string of the molecule is O=C(CSc1nnc(-c2ccncc2)n1-c1ccc(Cl)cc1)N/N=C/c1ccc(O)cc1O. The van der Waals surface area contributed by atoms with E-state index in [9.17, 15) is 15.0 Å². The Bertz CT molecular complexity index is 1300. The first-order chi connectivity index (χ1) is 16.0. The Balaban J connectivity index is 1.49. The Morgan fingerprint density at radius 1 is 1.09 bits per heavy atom. The van der Waals surface area contributed by atoms with Crippen LogP contribution in [0.5, 0.6) is 11.5 Å². The molecule has 0 spiro atoms. The summed E-state index contributed by atoms with van der Waals surface area (Å²) in [5, 5.41) is 32.6. The topological polar surface area (TPSA) is 126 Å². The number of aromatic nitrogens is 4. The fourth-order valence-electron chi connectivity index (χ4n) is 2.85. The highest BCUT2D eigenvalue weighted by atomic mass is 35.5. The van der Waals surface area contributed by atoms with Gasteiger partial charge in [-0.05, 0) is 48.5 Å². The molecule has 0 aliphatic heterocycles. The zero-order valence-corrected chi connectivity index (χ0v) is 18.5. The quantitative estimate of drug-likeness (QED) is 0.209. The molecule has 3 N–H and O–H groups in total. The minimum Gasteiger partial charge on any atom is -0.508 e. The molecule has 166 valence electrons. The minimum absolute atomic E-state index is 0.0287. The van der Waals surface area contributed by atoms with Crippen LogP contribution in [0.15, 0.2) is 77.2 Å². The number of hydrogen-bond acceptors (Lipinski definition) is 8. The minimum atomic E-state index is -0.370. The van der Waals surface area contributed by atoms with Gasteiger partial charge >= 0.3 is 0 Å². The second-order valence-electron chi connectivity index (χ2n) is 6.68. The third kappa shape index (κ3) is 5.48. The van der Waals surface area contributed by atoms with Crippen LogP contribution in [0.1, 0.15) is 5.56 Å². The van der Waals surface area contributed by atoms with Crippen molar-refractivity contribution in [3.8, 4) is 28.6 Å². The molecular formula is C22H17ClN6O3S. The van der Waals surface area contributed by atoms with E-state index in [-0.39, 0.29) is 23.2 Å². The summed E-state index contributed by atoms with van der Waals surface area (Å²) in [7, 11) is 0. The van der Waals surface area contributed by atoms with E-state index in [0.29, 0.717) is 21.6 Å². The fraction of sp³-hybridized carbons (Fsp3) is 0.0455. The maximum absolute atomic E-state index is 12.3. The average molecular weight is 481 g/mol. The van der Waals surface area contributed by atoms with Crippen LogP contribution in [-0.4, -0.2) is 47.8 Å². The summed E-state index contributed by atoms with van der Waals surface area (Å²) >= 11 is 7.23. The lowest BCUT2D eigenvalue weighted by atomic mass is 10.2. The van der Waals surface area contributed by atoms with Crippen molar-refractivity contribution in [1.29, 1.82) is 0 Å². The van der Waals surface area contributed by atoms with Gasteiger partial charge in [-0.3, -0.25) is 14.3 Å². The van der Waals surface area contributed by atoms with Crippen molar-refractivity contribution in [2.45, 2.75) is 5.16 Å². The van der Waals surface area contributed by atoms with Gasteiger partial charge in [0.05, 0.1) is 12.0 Å². The second-order valence-corrected chi connectivity index (χ2v) is 8.06. The van der Waals surface area contributed by atoms with E-state index in [4.69, 9.17) is 11.6 Å². The predicted octanol–water partition coefficient (Wildman–Crippen LogP) is 3.64. The Morgan fingerprint density at radius 2 is 1.85 bits per heavy atom. The Labute approximate surface area is 197 Å². The molecule has 0 bridgehead atoms. The molecule has 11 heteroatoms. The van der Waals surface area contributed by atoms with Crippen molar-refractivity contribution in [2.24, 2.45) is 5.10 Å². The summed E-state index contributed by atoms with van der Waals surface area (Å²) in [6.07, 6.45) is 4.62. The van der Waals surface area contributed by atoms with E-state index in [0.717, 1.165) is 11.3 Å². The highest BCUT2D eigenvalue weighted by Crippen LogP contribution is 2.28. The molecule has 0 unspecified atom stereocenters. The number of amides is 1. The summed E-state index contributed by atoms with van der Waals surface area (Å²) in [5.74, 6) is 0.0400. The third-order valence-electron chi connectivity index (χ3n) is 4.40. The van der Waals surface area contributed by atoms with E-state index in [1.54, 1.807) is 24.5 Å². The van der Waals surface area contributed by atoms with Crippen molar-refractivity contribution in [3.05, 3.63) is 77.6 Å². The van der Waals surface area contributed by atoms with Crippen LogP contribution >= 0.6 is 23.4 Å². The maximum atomic E-state index is 12.3. The molecule has 1 amide bonds. The van der Waals surface area contributed by atoms with Crippen molar-refractivity contribution < 1.29 is 15.0 Å². The van der Waals surface area contributed by atoms with E-state index in [1.165, 1.54) is 36.2 Å². The van der Waals surface area contributed by atoms with Crippen LogP contribution in [-0.2, 0) is 4.79 Å². The summed E-state index contributed by atoms with van der Waals surface area (Å²) in [5.41, 5.74) is 4.37. The standard InChI is InChI=1S/C22H17ClN6O3S/c23-16-2-4-17(5-3-16)29-21(14-7-9-24-10-8-14)27-28-22(29)33-13-20(32)26-25-12-15-1-6-18(30)11-19(15)31/h1-12,30-31H,13H2,(H,26,32)/b25-12+. The number of carbonyl (C=O) groups is 1. The van der Waals surface area contributed by atoms with E-state index in [1.807, 2.05) is 28.8 Å². The first-order valence-corrected chi connectivity index (χ1v) is 11.0. The first kappa shape index (κ1) is 22.3. The molecule has 0 saturated carbocycles. The van der Waals surface area contributed by atoms with Crippen LogP contribution in [0.3, 0.4) is 0 Å². The van der Waals surface area contributed by atoms with Crippen LogP contribution < -0.4 is 5.43 Å². The molecule has 4 aromatic rings. The molecule has 0 atom stereocenters. The lowest BCUT2D eigenvalue weighted by Crippen LogP contribution is -2.20. The molecule has 4 rings (SSSR count). The van der Waals surface area contributed by atoms with Gasteiger partial charge in [0.15, 0.2) is 11.0 Å². The number of phenols is 2. The number of rotatable bonds is 7. The third-order valence-corrected chi connectivity index (χ3v) is 5.58. The molecule has 0 radical (unpaired) electrons. The van der Waals surface area contributed by atoms with E-state index < -0.39 is 0 Å². The molecular weight excluding hydrogens is 464 g/mol. The van der Waals surface area contributed by atoms with Crippen LogP contribution in [0.25, 0.3) is 17.1 Å². The highest BCUT2D eigenvalue weighted by molar-refractivity contribution is 7.99. The van der Waals surface area contributed by atoms with Crippen LogP contribution in [0.4, 0.5) is 0 Å². The number of benzene rings is 2. The van der Waals surface area contributed by atoms with Gasteiger partial charge in [-0.1, -0.05) is 23.4 Å². The van der Waals surface area contributed by atoms with Gasteiger partial charge in [-0.2, -0.15) is 5.10 Å². The number of pyridine rings is 1. The van der Waals surface area contributed by atoms with Gasteiger partial charge in [-0.25, -0.2) is 5.43 Å². The summed E-state index contributed by atoms with van der Waals surface area (Å²) in [6, 6.07) is 14.9. The van der Waals surface area contributed by atoms with E-state index in [2.05, 4.69) is 25.7 Å². The highest BCUT2D eigenvalue weighted by Gasteiger charge is 2.17. The predicted molar refractivity (Wildman–Crippen MR) is 126 cm³/mol. The first-order valence-electron chi connectivity index (χ1n) is 9.60. The van der Waals surface area contributed by atoms with Gasteiger partial charge in [0.25, 0.3) is 5.91 Å². The molecule has 2 aromatic heterocycles. The van der Waals surface area contributed by atoms with Crippen molar-refractivity contribution >= 4 is 35.5 Å². The smallest absolute Gasteiger partial charge is 0.250 e. The molecule has 2 heterocycles. The number of hydrazone groups is 1. The second kappa shape index (κ2) is 10.2. The summed E-state index contributed by atoms with van der Waals surface area (Å²) in [4.78, 5) is 16.3. The van der Waals surface area contributed by atoms with Gasteiger partial charge in [-0.15, -0.1) is 10.2 Å². The number of thioether (sulfide) groups is 1. The van der Waals surface area contributed by atoms with Gasteiger partial charge in [0, 0.05) is 40.3 Å². The lowest BCUT2D eigenvalue weighted by Gasteiger charge is -2.10. The Kier molecular flexibility index (Phi) is 6.86. The number of aromatic hydroxyl groups is 2. The van der Waals surface area contributed by atoms with Gasteiger partial charge < -0.3 is 10.2 Å². The largest absolute Gasteiger partial charge is 0.508 e. The summed E-state index contributed by atoms with van der Waals surface area (Å²) < 4.78 is 1.83. The van der Waals surface area contributed by atoms with E-state index >= 15 is 0 Å². The number of nitrogens with one attached hydrogen (secondary N) is 1. The number of hydrogen-bond donors (Lipinski definition) is 3. The molecule has 0 aliphatic carbocycles. The number of phenolic OH excluding ortho intramolecular Hbond substituents is 2. The fourth-order valence-corrected chi connectivity index (χ4v) is 3.72.